The maximum atomic E-state index is 11.9. The van der Waals surface area contributed by atoms with E-state index in [1.54, 1.807) is 6.20 Å². The van der Waals surface area contributed by atoms with Crippen molar-refractivity contribution in [3.8, 4) is 0 Å². The van der Waals surface area contributed by atoms with Gasteiger partial charge in [0.2, 0.25) is 5.12 Å². The molecule has 0 bridgehead atoms. The Morgan fingerprint density at radius 2 is 2.47 bits per heavy atom. The molecular weight excluding hydrogens is 208 g/mol. The standard InChI is InChI=1S/C11H14N2OS/c1-13-8-4-5-9(13)11(14)15-10-6-2-3-7-12-10/h2-3,6-7,9H,4-5,8H2,1H3. The van der Waals surface area contributed by atoms with E-state index >= 15 is 0 Å². The van der Waals surface area contributed by atoms with Crippen LogP contribution in [0.3, 0.4) is 0 Å². The van der Waals surface area contributed by atoms with Gasteiger partial charge in [0.15, 0.2) is 0 Å². The Bertz CT molecular complexity index is 342. The van der Waals surface area contributed by atoms with Crippen LogP contribution in [0.1, 0.15) is 12.8 Å². The monoisotopic (exact) mass is 222 g/mol. The normalized spacial score (nSPS) is 21.8. The van der Waals surface area contributed by atoms with Crippen molar-refractivity contribution in [3.63, 3.8) is 0 Å². The van der Waals surface area contributed by atoms with E-state index in [1.807, 2.05) is 25.2 Å². The maximum Gasteiger partial charge on any atom is 0.212 e. The summed E-state index contributed by atoms with van der Waals surface area (Å²) >= 11 is 1.25. The number of thioether (sulfide) groups is 1. The average Bonchev–Trinajstić information content (AvgIpc) is 2.66. The van der Waals surface area contributed by atoms with Gasteiger partial charge >= 0.3 is 0 Å². The summed E-state index contributed by atoms with van der Waals surface area (Å²) in [7, 11) is 2.01. The van der Waals surface area contributed by atoms with Crippen LogP contribution in [-0.2, 0) is 4.79 Å². The number of hydrogen-bond donors (Lipinski definition) is 0. The fraction of sp³-hybridized carbons (Fsp3) is 0.455. The van der Waals surface area contributed by atoms with E-state index in [9.17, 15) is 4.79 Å². The summed E-state index contributed by atoms with van der Waals surface area (Å²) in [6.07, 6.45) is 3.82. The molecule has 1 fully saturated rings. The first kappa shape index (κ1) is 10.6. The predicted molar refractivity (Wildman–Crippen MR) is 60.8 cm³/mol. The number of likely N-dealkylation sites (tertiary alicyclic amines) is 1. The lowest BCUT2D eigenvalue weighted by Gasteiger charge is -2.16. The minimum absolute atomic E-state index is 0.0806. The molecule has 1 aliphatic rings. The quantitative estimate of drug-likeness (QED) is 0.714. The Hall–Kier alpha value is -0.870. The molecule has 15 heavy (non-hydrogen) atoms. The van der Waals surface area contributed by atoms with Crippen LogP contribution in [0.25, 0.3) is 0 Å². The Kier molecular flexibility index (Phi) is 3.38. The molecule has 0 spiro atoms. The minimum Gasteiger partial charge on any atom is -0.296 e. The highest BCUT2D eigenvalue weighted by Gasteiger charge is 2.28. The molecule has 3 nitrogen and oxygen atoms in total. The van der Waals surface area contributed by atoms with Crippen molar-refractivity contribution in [1.82, 2.24) is 9.88 Å². The van der Waals surface area contributed by atoms with Crippen molar-refractivity contribution >= 4 is 16.9 Å². The zero-order valence-corrected chi connectivity index (χ0v) is 9.54. The van der Waals surface area contributed by atoms with Crippen LogP contribution in [0.5, 0.6) is 0 Å². The van der Waals surface area contributed by atoms with E-state index in [4.69, 9.17) is 0 Å². The van der Waals surface area contributed by atoms with Gasteiger partial charge in [0.25, 0.3) is 0 Å². The van der Waals surface area contributed by atoms with Crippen LogP contribution in [-0.4, -0.2) is 34.6 Å². The van der Waals surface area contributed by atoms with Gasteiger partial charge < -0.3 is 0 Å². The van der Waals surface area contributed by atoms with Crippen LogP contribution in [0.4, 0.5) is 0 Å². The number of hydrogen-bond acceptors (Lipinski definition) is 4. The molecule has 1 aromatic rings. The molecule has 1 unspecified atom stereocenters. The third-order valence-electron chi connectivity index (χ3n) is 2.64. The number of carbonyl (C=O) groups is 1. The molecule has 1 aromatic heterocycles. The Balaban J connectivity index is 1.98. The van der Waals surface area contributed by atoms with Gasteiger partial charge in [-0.25, -0.2) is 4.98 Å². The number of rotatable bonds is 2. The summed E-state index contributed by atoms with van der Waals surface area (Å²) < 4.78 is 0. The van der Waals surface area contributed by atoms with Crippen molar-refractivity contribution in [2.24, 2.45) is 0 Å². The fourth-order valence-electron chi connectivity index (χ4n) is 1.79. The molecule has 1 saturated heterocycles. The molecule has 1 aliphatic heterocycles. The summed E-state index contributed by atoms with van der Waals surface area (Å²) in [6, 6.07) is 5.71. The van der Waals surface area contributed by atoms with Crippen LogP contribution in [0.2, 0.25) is 0 Å². The Morgan fingerprint density at radius 3 is 3.07 bits per heavy atom. The van der Waals surface area contributed by atoms with Crippen molar-refractivity contribution in [3.05, 3.63) is 24.4 Å². The summed E-state index contributed by atoms with van der Waals surface area (Å²) in [5.41, 5.74) is 0. The topological polar surface area (TPSA) is 33.2 Å². The van der Waals surface area contributed by atoms with Crippen molar-refractivity contribution in [1.29, 1.82) is 0 Å². The van der Waals surface area contributed by atoms with Gasteiger partial charge in [-0.2, -0.15) is 0 Å². The number of likely N-dealkylation sites (N-methyl/N-ethyl adjacent to an activating group) is 1. The SMILES string of the molecule is CN1CCCC1C(=O)Sc1ccccn1. The molecular formula is C11H14N2OS. The van der Waals surface area contributed by atoms with E-state index in [0.29, 0.717) is 0 Å². The van der Waals surface area contributed by atoms with Crippen molar-refractivity contribution in [2.45, 2.75) is 23.9 Å². The summed E-state index contributed by atoms with van der Waals surface area (Å²) in [5.74, 6) is 0. The van der Waals surface area contributed by atoms with E-state index < -0.39 is 0 Å². The number of pyridine rings is 1. The zero-order valence-electron chi connectivity index (χ0n) is 8.72. The van der Waals surface area contributed by atoms with Gasteiger partial charge in [-0.15, -0.1) is 0 Å². The van der Waals surface area contributed by atoms with Crippen molar-refractivity contribution < 1.29 is 4.79 Å². The third kappa shape index (κ3) is 2.58. The van der Waals surface area contributed by atoms with Gasteiger partial charge in [-0.3, -0.25) is 9.69 Å². The predicted octanol–water partition coefficient (Wildman–Crippen LogP) is 1.79. The number of nitrogens with zero attached hydrogens (tertiary/aromatic N) is 2. The second-order valence-corrected chi connectivity index (χ2v) is 4.75. The van der Waals surface area contributed by atoms with Crippen molar-refractivity contribution in [2.75, 3.05) is 13.6 Å². The lowest BCUT2D eigenvalue weighted by atomic mass is 10.2. The molecule has 80 valence electrons. The van der Waals surface area contributed by atoms with E-state index in [-0.39, 0.29) is 11.2 Å². The third-order valence-corrected chi connectivity index (χ3v) is 3.56. The largest absolute Gasteiger partial charge is 0.296 e. The Labute approximate surface area is 93.9 Å². The van der Waals surface area contributed by atoms with E-state index in [2.05, 4.69) is 9.88 Å². The van der Waals surface area contributed by atoms with Gasteiger partial charge in [0.05, 0.1) is 6.04 Å². The first-order chi connectivity index (χ1) is 7.27. The van der Waals surface area contributed by atoms with E-state index in [1.165, 1.54) is 11.8 Å². The summed E-state index contributed by atoms with van der Waals surface area (Å²) in [4.78, 5) is 18.2. The second-order valence-electron chi connectivity index (χ2n) is 3.73. The van der Waals surface area contributed by atoms with Gasteiger partial charge in [0, 0.05) is 6.20 Å². The van der Waals surface area contributed by atoms with Crippen LogP contribution in [0.15, 0.2) is 29.4 Å². The van der Waals surface area contributed by atoms with Crippen LogP contribution in [0, 0.1) is 0 Å². The molecule has 2 rings (SSSR count). The van der Waals surface area contributed by atoms with Gasteiger partial charge in [-0.05, 0) is 50.3 Å². The highest BCUT2D eigenvalue weighted by atomic mass is 32.2. The highest BCUT2D eigenvalue weighted by Crippen LogP contribution is 2.24. The first-order valence-electron chi connectivity index (χ1n) is 5.10. The molecule has 0 aromatic carbocycles. The van der Waals surface area contributed by atoms with E-state index in [0.717, 1.165) is 24.4 Å². The first-order valence-corrected chi connectivity index (χ1v) is 5.92. The molecule has 2 heterocycles. The highest BCUT2D eigenvalue weighted by molar-refractivity contribution is 8.13. The minimum atomic E-state index is 0.0806. The second kappa shape index (κ2) is 4.77. The fourth-order valence-corrected chi connectivity index (χ4v) is 2.69. The molecule has 4 heteroatoms. The Morgan fingerprint density at radius 1 is 1.60 bits per heavy atom. The van der Waals surface area contributed by atoms with Crippen LogP contribution < -0.4 is 0 Å². The van der Waals surface area contributed by atoms with Gasteiger partial charge in [-0.1, -0.05) is 6.07 Å². The van der Waals surface area contributed by atoms with Crippen LogP contribution >= 0.6 is 11.8 Å². The van der Waals surface area contributed by atoms with Gasteiger partial charge in [0.1, 0.15) is 5.03 Å². The molecule has 0 N–H and O–H groups in total. The smallest absolute Gasteiger partial charge is 0.212 e. The molecule has 0 radical (unpaired) electrons. The zero-order chi connectivity index (χ0) is 10.7. The summed E-state index contributed by atoms with van der Waals surface area (Å²) in [6.45, 7) is 1.03. The summed E-state index contributed by atoms with van der Waals surface area (Å²) in [5, 5.41) is 1.01. The molecule has 0 saturated carbocycles. The number of aromatic nitrogens is 1. The maximum absolute atomic E-state index is 11.9. The number of carbonyl (C=O) groups excluding carboxylic acids is 1. The lowest BCUT2D eigenvalue weighted by molar-refractivity contribution is -0.114. The molecule has 0 amide bonds. The lowest BCUT2D eigenvalue weighted by Crippen LogP contribution is -2.30. The molecule has 1 atom stereocenters. The average molecular weight is 222 g/mol. The molecule has 0 aliphatic carbocycles.